The van der Waals surface area contributed by atoms with Crippen molar-refractivity contribution in [2.75, 3.05) is 18.9 Å². The molecule has 2 amide bonds. The van der Waals surface area contributed by atoms with E-state index < -0.39 is 35.0 Å². The fraction of sp³-hybridized carbons (Fsp3) is 0.125. The highest BCUT2D eigenvalue weighted by atomic mass is 79.9. The first kappa shape index (κ1) is 18.0. The van der Waals surface area contributed by atoms with Gasteiger partial charge in [-0.3, -0.25) is 9.59 Å². The Kier molecular flexibility index (Phi) is 5.61. The summed E-state index contributed by atoms with van der Waals surface area (Å²) in [5, 5.41) is 2.10. The van der Waals surface area contributed by atoms with E-state index in [1.165, 1.54) is 7.05 Å². The summed E-state index contributed by atoms with van der Waals surface area (Å²) in [5.74, 6) is -5.69. The molecule has 24 heavy (non-hydrogen) atoms. The van der Waals surface area contributed by atoms with Gasteiger partial charge in [0, 0.05) is 17.1 Å². The largest absolute Gasteiger partial charge is 0.332 e. The summed E-state index contributed by atoms with van der Waals surface area (Å²) >= 11 is 3.24. The van der Waals surface area contributed by atoms with E-state index in [-0.39, 0.29) is 6.54 Å². The fourth-order valence-corrected chi connectivity index (χ4v) is 2.34. The molecule has 0 spiro atoms. The lowest BCUT2D eigenvalue weighted by atomic mass is 10.2. The lowest BCUT2D eigenvalue weighted by Gasteiger charge is -2.17. The van der Waals surface area contributed by atoms with E-state index in [1.54, 1.807) is 24.3 Å². The first-order valence-electron chi connectivity index (χ1n) is 6.74. The minimum absolute atomic E-state index is 0.360. The Balaban J connectivity index is 2.04. The Hall–Kier alpha value is -2.35. The van der Waals surface area contributed by atoms with E-state index >= 15 is 0 Å². The molecule has 0 aromatic heterocycles. The van der Waals surface area contributed by atoms with Crippen LogP contribution < -0.4 is 5.32 Å². The molecular weight excluding hydrogens is 389 g/mol. The van der Waals surface area contributed by atoms with Crippen molar-refractivity contribution in [2.24, 2.45) is 0 Å². The van der Waals surface area contributed by atoms with Crippen molar-refractivity contribution in [1.29, 1.82) is 0 Å². The van der Waals surface area contributed by atoms with Crippen molar-refractivity contribution in [3.63, 3.8) is 0 Å². The van der Waals surface area contributed by atoms with E-state index in [9.17, 15) is 22.8 Å². The number of carbonyl (C=O) groups excluding carboxylic acids is 2. The molecule has 0 saturated carbocycles. The van der Waals surface area contributed by atoms with Gasteiger partial charge in [-0.15, -0.1) is 0 Å². The Morgan fingerprint density at radius 1 is 1.12 bits per heavy atom. The lowest BCUT2D eigenvalue weighted by molar-refractivity contribution is -0.116. The number of anilines is 1. The van der Waals surface area contributed by atoms with Gasteiger partial charge < -0.3 is 10.2 Å². The quantitative estimate of drug-likeness (QED) is 0.797. The number of hydrogen-bond acceptors (Lipinski definition) is 2. The van der Waals surface area contributed by atoms with E-state index in [2.05, 4.69) is 21.2 Å². The summed E-state index contributed by atoms with van der Waals surface area (Å²) in [4.78, 5) is 25.2. The van der Waals surface area contributed by atoms with E-state index in [4.69, 9.17) is 0 Å². The number of amides is 2. The second kappa shape index (κ2) is 7.48. The SMILES string of the molecule is CN(CC(=O)Nc1ccc(F)c(F)c1F)C(=O)c1cccc(Br)c1. The van der Waals surface area contributed by atoms with Crippen LogP contribution in [0.1, 0.15) is 10.4 Å². The number of carbonyl (C=O) groups is 2. The molecule has 8 heteroatoms. The molecule has 0 bridgehead atoms. The van der Waals surface area contributed by atoms with Crippen LogP contribution in [-0.4, -0.2) is 30.3 Å². The van der Waals surface area contributed by atoms with Gasteiger partial charge in [0.25, 0.3) is 5.91 Å². The van der Waals surface area contributed by atoms with Crippen molar-refractivity contribution >= 4 is 33.4 Å². The molecule has 0 radical (unpaired) electrons. The van der Waals surface area contributed by atoms with Crippen LogP contribution in [0.25, 0.3) is 0 Å². The highest BCUT2D eigenvalue weighted by Crippen LogP contribution is 2.19. The predicted molar refractivity (Wildman–Crippen MR) is 86.0 cm³/mol. The lowest BCUT2D eigenvalue weighted by Crippen LogP contribution is -2.35. The molecule has 4 nitrogen and oxygen atoms in total. The third-order valence-corrected chi connectivity index (χ3v) is 3.60. The van der Waals surface area contributed by atoms with Crippen LogP contribution in [0.2, 0.25) is 0 Å². The van der Waals surface area contributed by atoms with E-state index in [0.717, 1.165) is 11.0 Å². The average molecular weight is 401 g/mol. The Bertz CT molecular complexity index is 799. The molecule has 2 aromatic carbocycles. The minimum atomic E-state index is -1.67. The zero-order chi connectivity index (χ0) is 17.9. The molecule has 2 rings (SSSR count). The molecule has 2 aromatic rings. The summed E-state index contributed by atoms with van der Waals surface area (Å²) in [6.45, 7) is -0.385. The van der Waals surface area contributed by atoms with Crippen molar-refractivity contribution < 1.29 is 22.8 Å². The summed E-state index contributed by atoms with van der Waals surface area (Å²) < 4.78 is 40.2. The van der Waals surface area contributed by atoms with Gasteiger partial charge in [-0.25, -0.2) is 13.2 Å². The summed E-state index contributed by atoms with van der Waals surface area (Å²) in [6.07, 6.45) is 0. The topological polar surface area (TPSA) is 49.4 Å². The highest BCUT2D eigenvalue weighted by Gasteiger charge is 2.18. The van der Waals surface area contributed by atoms with Crippen LogP contribution in [0.15, 0.2) is 40.9 Å². The van der Waals surface area contributed by atoms with Crippen LogP contribution in [0.5, 0.6) is 0 Å². The highest BCUT2D eigenvalue weighted by molar-refractivity contribution is 9.10. The predicted octanol–water partition coefficient (Wildman–Crippen LogP) is 3.58. The number of nitrogens with one attached hydrogen (secondary N) is 1. The first-order chi connectivity index (χ1) is 11.3. The number of halogens is 4. The number of hydrogen-bond donors (Lipinski definition) is 1. The Morgan fingerprint density at radius 3 is 2.50 bits per heavy atom. The molecule has 0 fully saturated rings. The van der Waals surface area contributed by atoms with E-state index in [1.807, 2.05) is 0 Å². The number of likely N-dealkylation sites (N-methyl/N-ethyl adjacent to an activating group) is 1. The molecule has 0 aliphatic rings. The number of rotatable bonds is 4. The third-order valence-electron chi connectivity index (χ3n) is 3.11. The van der Waals surface area contributed by atoms with Crippen molar-refractivity contribution in [3.05, 3.63) is 63.9 Å². The van der Waals surface area contributed by atoms with Gasteiger partial charge in [0.15, 0.2) is 17.5 Å². The van der Waals surface area contributed by atoms with Crippen LogP contribution in [0.4, 0.5) is 18.9 Å². The molecule has 0 heterocycles. The standard InChI is InChI=1S/C16H12BrF3N2O2/c1-22(16(24)9-3-2-4-10(17)7-9)8-13(23)21-12-6-5-11(18)14(19)15(12)20/h2-7H,8H2,1H3,(H,21,23). The maximum Gasteiger partial charge on any atom is 0.254 e. The van der Waals surface area contributed by atoms with Crippen LogP contribution in [0, 0.1) is 17.5 Å². The summed E-state index contributed by atoms with van der Waals surface area (Å²) in [5.41, 5.74) is -0.138. The van der Waals surface area contributed by atoms with Gasteiger partial charge >= 0.3 is 0 Å². The molecule has 0 atom stereocenters. The van der Waals surface area contributed by atoms with Gasteiger partial charge in [-0.05, 0) is 30.3 Å². The number of benzene rings is 2. The second-order valence-electron chi connectivity index (χ2n) is 4.94. The van der Waals surface area contributed by atoms with E-state index in [0.29, 0.717) is 16.1 Å². The minimum Gasteiger partial charge on any atom is -0.332 e. The Morgan fingerprint density at radius 2 is 1.83 bits per heavy atom. The zero-order valence-corrected chi connectivity index (χ0v) is 14.0. The Labute approximate surface area is 144 Å². The first-order valence-corrected chi connectivity index (χ1v) is 7.53. The van der Waals surface area contributed by atoms with Gasteiger partial charge in [0.2, 0.25) is 5.91 Å². The summed E-state index contributed by atoms with van der Waals surface area (Å²) in [6, 6.07) is 8.19. The maximum atomic E-state index is 13.5. The van der Waals surface area contributed by atoms with Crippen molar-refractivity contribution in [3.8, 4) is 0 Å². The molecule has 0 unspecified atom stereocenters. The fourth-order valence-electron chi connectivity index (χ4n) is 1.94. The normalized spacial score (nSPS) is 10.4. The molecule has 1 N–H and O–H groups in total. The van der Waals surface area contributed by atoms with Crippen LogP contribution in [-0.2, 0) is 4.79 Å². The average Bonchev–Trinajstić information content (AvgIpc) is 2.54. The third kappa shape index (κ3) is 4.14. The van der Waals surface area contributed by atoms with Crippen LogP contribution in [0.3, 0.4) is 0 Å². The molecule has 0 aliphatic carbocycles. The second-order valence-corrected chi connectivity index (χ2v) is 5.86. The van der Waals surface area contributed by atoms with Gasteiger partial charge in [-0.2, -0.15) is 0 Å². The molecule has 126 valence electrons. The van der Waals surface area contributed by atoms with Gasteiger partial charge in [0.05, 0.1) is 12.2 Å². The molecule has 0 saturated heterocycles. The summed E-state index contributed by atoms with van der Waals surface area (Å²) in [7, 11) is 1.39. The number of nitrogens with zero attached hydrogens (tertiary/aromatic N) is 1. The monoisotopic (exact) mass is 400 g/mol. The smallest absolute Gasteiger partial charge is 0.254 e. The van der Waals surface area contributed by atoms with Gasteiger partial charge in [0.1, 0.15) is 0 Å². The zero-order valence-electron chi connectivity index (χ0n) is 12.4. The van der Waals surface area contributed by atoms with Crippen molar-refractivity contribution in [2.45, 2.75) is 0 Å². The molecule has 0 aliphatic heterocycles. The molecular formula is C16H12BrF3N2O2. The van der Waals surface area contributed by atoms with Crippen molar-refractivity contribution in [1.82, 2.24) is 4.90 Å². The van der Waals surface area contributed by atoms with Crippen LogP contribution >= 0.6 is 15.9 Å². The maximum absolute atomic E-state index is 13.5. The van der Waals surface area contributed by atoms with Gasteiger partial charge in [-0.1, -0.05) is 22.0 Å².